The molecule has 1 fully saturated rings. The van der Waals surface area contributed by atoms with Crippen molar-refractivity contribution in [2.24, 2.45) is 17.8 Å². The first-order valence-corrected chi connectivity index (χ1v) is 8.60. The van der Waals surface area contributed by atoms with Crippen molar-refractivity contribution in [1.82, 2.24) is 20.4 Å². The third kappa shape index (κ3) is 3.26. The molecule has 0 aromatic carbocycles. The number of carbonyl (C=O) groups excluding carboxylic acids is 1. The predicted octanol–water partition coefficient (Wildman–Crippen LogP) is 2.36. The average Bonchev–Trinajstić information content (AvgIpc) is 3.37. The normalized spacial score (nSPS) is 23.8. The quantitative estimate of drug-likeness (QED) is 0.812. The summed E-state index contributed by atoms with van der Waals surface area (Å²) in [6.07, 6.45) is 8.08. The highest BCUT2D eigenvalue weighted by Crippen LogP contribution is 2.43. The Bertz CT molecular complexity index is 784. The number of hydrogen-bond acceptors (Lipinski definition) is 6. The number of rotatable bonds is 6. The maximum atomic E-state index is 12.3. The van der Waals surface area contributed by atoms with Gasteiger partial charge in [-0.15, -0.1) is 0 Å². The molecule has 2 aromatic rings. The minimum Gasteiger partial charge on any atom is -0.478 e. The molecular weight excluding hydrogens is 320 g/mol. The molecule has 0 saturated heterocycles. The fourth-order valence-electron chi connectivity index (χ4n) is 3.57. The number of hydrogen-bond donors (Lipinski definition) is 1. The summed E-state index contributed by atoms with van der Waals surface area (Å²) in [6.45, 7) is 2.72. The van der Waals surface area contributed by atoms with E-state index < -0.39 is 0 Å². The number of carbonyl (C=O) groups is 1. The Kier molecular flexibility index (Phi) is 4.21. The van der Waals surface area contributed by atoms with Crippen LogP contribution in [-0.4, -0.2) is 27.6 Å². The fraction of sp³-hybridized carbons (Fsp3) is 0.444. The molecule has 2 aliphatic carbocycles. The molecule has 2 bridgehead atoms. The van der Waals surface area contributed by atoms with Crippen LogP contribution in [0.2, 0.25) is 0 Å². The molecule has 4 rings (SSSR count). The molecule has 0 aliphatic heterocycles. The van der Waals surface area contributed by atoms with Crippen molar-refractivity contribution in [3.8, 4) is 17.3 Å². The summed E-state index contributed by atoms with van der Waals surface area (Å²) in [5.74, 6) is 2.49. The molecule has 2 aliphatic rings. The average molecular weight is 340 g/mol. The zero-order valence-electron chi connectivity index (χ0n) is 14.0. The Morgan fingerprint density at radius 3 is 2.96 bits per heavy atom. The van der Waals surface area contributed by atoms with Crippen LogP contribution in [0.25, 0.3) is 11.4 Å². The number of amides is 1. The van der Waals surface area contributed by atoms with Crippen LogP contribution in [0.3, 0.4) is 0 Å². The maximum absolute atomic E-state index is 12.3. The van der Waals surface area contributed by atoms with Gasteiger partial charge in [-0.2, -0.15) is 4.98 Å². The molecule has 3 atom stereocenters. The smallest absolute Gasteiger partial charge is 0.246 e. The first kappa shape index (κ1) is 15.8. The molecule has 7 nitrogen and oxygen atoms in total. The van der Waals surface area contributed by atoms with Gasteiger partial charge < -0.3 is 14.6 Å². The van der Waals surface area contributed by atoms with Crippen molar-refractivity contribution in [3.05, 3.63) is 36.4 Å². The summed E-state index contributed by atoms with van der Waals surface area (Å²) < 4.78 is 10.5. The minimum absolute atomic E-state index is 0.0688. The van der Waals surface area contributed by atoms with Crippen LogP contribution < -0.4 is 10.1 Å². The Labute approximate surface area is 145 Å². The second-order valence-electron chi connectivity index (χ2n) is 6.43. The highest BCUT2D eigenvalue weighted by atomic mass is 16.5. The molecule has 25 heavy (non-hydrogen) atoms. The number of nitrogens with zero attached hydrogens (tertiary/aromatic N) is 3. The first-order valence-electron chi connectivity index (χ1n) is 8.60. The predicted molar refractivity (Wildman–Crippen MR) is 89.4 cm³/mol. The van der Waals surface area contributed by atoms with E-state index >= 15 is 0 Å². The summed E-state index contributed by atoms with van der Waals surface area (Å²) in [4.78, 5) is 20.8. The Morgan fingerprint density at radius 2 is 2.28 bits per heavy atom. The van der Waals surface area contributed by atoms with Gasteiger partial charge in [0.05, 0.1) is 13.2 Å². The SMILES string of the molecule is CCOc1ccc(-c2noc(CNC(=O)C3CC4C=CC3C4)n2)cn1. The Balaban J connectivity index is 1.35. The lowest BCUT2D eigenvalue weighted by Gasteiger charge is -2.16. The summed E-state index contributed by atoms with van der Waals surface area (Å²) in [5, 5.41) is 6.86. The van der Waals surface area contributed by atoms with E-state index in [9.17, 15) is 4.79 Å². The number of nitrogens with one attached hydrogen (secondary N) is 1. The van der Waals surface area contributed by atoms with Crippen LogP contribution in [0, 0.1) is 17.8 Å². The van der Waals surface area contributed by atoms with Crippen molar-refractivity contribution in [2.75, 3.05) is 6.61 Å². The van der Waals surface area contributed by atoms with E-state index in [0.29, 0.717) is 36.0 Å². The highest BCUT2D eigenvalue weighted by molar-refractivity contribution is 5.79. The summed E-state index contributed by atoms with van der Waals surface area (Å²) in [7, 11) is 0. The van der Waals surface area contributed by atoms with E-state index in [2.05, 4.69) is 32.6 Å². The van der Waals surface area contributed by atoms with Gasteiger partial charge in [0.1, 0.15) is 0 Å². The minimum atomic E-state index is 0.0688. The van der Waals surface area contributed by atoms with Gasteiger partial charge >= 0.3 is 0 Å². The lowest BCUT2D eigenvalue weighted by Crippen LogP contribution is -2.32. The monoisotopic (exact) mass is 340 g/mol. The molecule has 3 unspecified atom stereocenters. The molecule has 0 radical (unpaired) electrons. The van der Waals surface area contributed by atoms with Crippen LogP contribution in [0.1, 0.15) is 25.7 Å². The molecule has 130 valence electrons. The third-order valence-corrected chi connectivity index (χ3v) is 4.78. The van der Waals surface area contributed by atoms with E-state index in [1.807, 2.05) is 13.0 Å². The second kappa shape index (κ2) is 6.66. The van der Waals surface area contributed by atoms with Crippen LogP contribution in [0.5, 0.6) is 5.88 Å². The molecule has 2 aromatic heterocycles. The second-order valence-corrected chi connectivity index (χ2v) is 6.43. The van der Waals surface area contributed by atoms with E-state index in [1.54, 1.807) is 12.3 Å². The zero-order valence-corrected chi connectivity index (χ0v) is 14.0. The Morgan fingerprint density at radius 1 is 1.36 bits per heavy atom. The van der Waals surface area contributed by atoms with Crippen molar-refractivity contribution < 1.29 is 14.1 Å². The maximum Gasteiger partial charge on any atom is 0.246 e. The zero-order chi connectivity index (χ0) is 17.2. The first-order chi connectivity index (χ1) is 12.2. The molecule has 0 spiro atoms. The number of fused-ring (bicyclic) bond motifs is 2. The fourth-order valence-corrected chi connectivity index (χ4v) is 3.57. The summed E-state index contributed by atoms with van der Waals surface area (Å²) >= 11 is 0. The van der Waals surface area contributed by atoms with Crippen molar-refractivity contribution in [1.29, 1.82) is 0 Å². The molecule has 1 N–H and O–H groups in total. The number of allylic oxidation sites excluding steroid dienone is 2. The van der Waals surface area contributed by atoms with E-state index in [4.69, 9.17) is 9.26 Å². The summed E-state index contributed by atoms with van der Waals surface area (Å²) in [6, 6.07) is 3.59. The summed E-state index contributed by atoms with van der Waals surface area (Å²) in [5.41, 5.74) is 0.739. The largest absolute Gasteiger partial charge is 0.478 e. The number of ether oxygens (including phenoxy) is 1. The van der Waals surface area contributed by atoms with Crippen molar-refractivity contribution in [2.45, 2.75) is 26.3 Å². The van der Waals surface area contributed by atoms with Gasteiger partial charge in [-0.05, 0) is 37.7 Å². The third-order valence-electron chi connectivity index (χ3n) is 4.78. The van der Waals surface area contributed by atoms with Crippen molar-refractivity contribution >= 4 is 5.91 Å². The lowest BCUT2D eigenvalue weighted by molar-refractivity contribution is -0.126. The van der Waals surface area contributed by atoms with Gasteiger partial charge in [0.25, 0.3) is 0 Å². The number of aromatic nitrogens is 3. The van der Waals surface area contributed by atoms with Crippen LogP contribution in [0.15, 0.2) is 35.0 Å². The van der Waals surface area contributed by atoms with Crippen LogP contribution in [0.4, 0.5) is 0 Å². The van der Waals surface area contributed by atoms with E-state index in [-0.39, 0.29) is 18.4 Å². The highest BCUT2D eigenvalue weighted by Gasteiger charge is 2.39. The van der Waals surface area contributed by atoms with Gasteiger partial charge in [0.2, 0.25) is 23.5 Å². The van der Waals surface area contributed by atoms with Crippen LogP contribution in [-0.2, 0) is 11.3 Å². The van der Waals surface area contributed by atoms with Crippen LogP contribution >= 0.6 is 0 Å². The van der Waals surface area contributed by atoms with Gasteiger partial charge in [-0.1, -0.05) is 17.3 Å². The Hall–Kier alpha value is -2.70. The molecule has 1 saturated carbocycles. The van der Waals surface area contributed by atoms with E-state index in [1.165, 1.54) is 0 Å². The molecule has 2 heterocycles. The topological polar surface area (TPSA) is 90.1 Å². The van der Waals surface area contributed by atoms with Crippen molar-refractivity contribution in [3.63, 3.8) is 0 Å². The molecule has 1 amide bonds. The van der Waals surface area contributed by atoms with Gasteiger partial charge in [0.15, 0.2) is 0 Å². The molecular formula is C18H20N4O3. The lowest BCUT2D eigenvalue weighted by atomic mass is 9.93. The number of pyridine rings is 1. The van der Waals surface area contributed by atoms with E-state index in [0.717, 1.165) is 18.4 Å². The standard InChI is InChI=1S/C18H20N4O3/c1-2-24-15-6-5-13(9-19-15)17-21-16(25-22-17)10-20-18(23)14-8-11-3-4-12(14)7-11/h3-6,9,11-12,14H,2,7-8,10H2,1H3,(H,20,23). The van der Waals surface area contributed by atoms with Gasteiger partial charge in [-0.25, -0.2) is 4.98 Å². The van der Waals surface area contributed by atoms with Gasteiger partial charge in [-0.3, -0.25) is 4.79 Å². The molecule has 7 heteroatoms. The van der Waals surface area contributed by atoms with Gasteiger partial charge in [0, 0.05) is 23.7 Å².